The van der Waals surface area contributed by atoms with E-state index in [9.17, 15) is 21.6 Å². The molecular formula is C27H25F3N4O3S. The first-order valence-electron chi connectivity index (χ1n) is 11.6. The molecule has 0 bridgehead atoms. The van der Waals surface area contributed by atoms with E-state index in [1.54, 1.807) is 25.1 Å². The summed E-state index contributed by atoms with van der Waals surface area (Å²) >= 11 is 0. The minimum atomic E-state index is -3.14. The maximum atomic E-state index is 13.6. The number of alkyl halides is 2. The van der Waals surface area contributed by atoms with Crippen molar-refractivity contribution >= 4 is 15.8 Å². The summed E-state index contributed by atoms with van der Waals surface area (Å²) in [6.45, 7) is 1.75. The molecule has 0 saturated heterocycles. The zero-order valence-electron chi connectivity index (χ0n) is 20.7. The molecule has 4 rings (SSSR count). The van der Waals surface area contributed by atoms with Crippen molar-refractivity contribution in [2.75, 3.05) is 18.6 Å². The summed E-state index contributed by atoms with van der Waals surface area (Å²) in [7, 11) is -3.14. The topological polar surface area (TPSA) is 108 Å². The van der Waals surface area contributed by atoms with Crippen LogP contribution in [0.25, 0.3) is 22.4 Å². The fourth-order valence-electron chi connectivity index (χ4n) is 3.96. The Hall–Kier alpha value is -3.99. The number of halogens is 3. The smallest absolute Gasteiger partial charge is 0.280 e. The number of aryl methyl sites for hydroxylation is 1. The maximum absolute atomic E-state index is 13.6. The van der Waals surface area contributed by atoms with Crippen LogP contribution < -0.4 is 10.5 Å². The summed E-state index contributed by atoms with van der Waals surface area (Å²) in [4.78, 5) is 12.5. The summed E-state index contributed by atoms with van der Waals surface area (Å²) in [6, 6.07) is 15.5. The van der Waals surface area contributed by atoms with Crippen molar-refractivity contribution in [3.63, 3.8) is 0 Å². The van der Waals surface area contributed by atoms with Gasteiger partial charge in [-0.15, -0.1) is 0 Å². The molecule has 2 heterocycles. The fraction of sp³-hybridized carbons (Fsp3) is 0.222. The highest BCUT2D eigenvalue weighted by Crippen LogP contribution is 2.39. The van der Waals surface area contributed by atoms with Crippen LogP contribution in [-0.2, 0) is 22.0 Å². The molecule has 4 aromatic rings. The van der Waals surface area contributed by atoms with Crippen LogP contribution in [0.3, 0.4) is 0 Å². The molecule has 0 saturated carbocycles. The molecule has 11 heteroatoms. The number of nitrogens with zero attached hydrogens (tertiary/aromatic N) is 3. The first kappa shape index (κ1) is 27.1. The first-order valence-corrected chi connectivity index (χ1v) is 13.6. The number of anilines is 1. The Labute approximate surface area is 218 Å². The number of nitrogen functional groups attached to an aromatic ring is 1. The number of sulfone groups is 1. The van der Waals surface area contributed by atoms with Crippen molar-refractivity contribution in [1.82, 2.24) is 15.0 Å². The minimum Gasteiger partial charge on any atom is -0.477 e. The van der Waals surface area contributed by atoms with Gasteiger partial charge in [0, 0.05) is 23.9 Å². The zero-order chi connectivity index (χ0) is 27.4. The van der Waals surface area contributed by atoms with E-state index in [2.05, 4.69) is 15.0 Å². The summed E-state index contributed by atoms with van der Waals surface area (Å²) < 4.78 is 69.8. The second-order valence-electron chi connectivity index (χ2n) is 8.83. The van der Waals surface area contributed by atoms with Gasteiger partial charge in [-0.05, 0) is 60.0 Å². The molecule has 0 atom stereocenters. The summed E-state index contributed by atoms with van der Waals surface area (Å²) in [5.41, 5.74) is 8.95. The zero-order valence-corrected chi connectivity index (χ0v) is 21.5. The van der Waals surface area contributed by atoms with Gasteiger partial charge < -0.3 is 10.5 Å². The molecule has 198 valence electrons. The monoisotopic (exact) mass is 542 g/mol. The molecule has 0 radical (unpaired) electrons. The Morgan fingerprint density at radius 2 is 1.58 bits per heavy atom. The van der Waals surface area contributed by atoms with Crippen LogP contribution in [0.2, 0.25) is 0 Å². The average molecular weight is 543 g/mol. The first-order chi connectivity index (χ1) is 18.0. The Morgan fingerprint density at radius 1 is 0.921 bits per heavy atom. The maximum Gasteiger partial charge on any atom is 0.280 e. The van der Waals surface area contributed by atoms with Crippen molar-refractivity contribution in [2.45, 2.75) is 25.5 Å². The van der Waals surface area contributed by atoms with Crippen molar-refractivity contribution in [3.05, 3.63) is 89.0 Å². The molecule has 2 N–H and O–H groups in total. The normalized spacial score (nSPS) is 11.6. The van der Waals surface area contributed by atoms with Gasteiger partial charge in [0.15, 0.2) is 9.84 Å². The molecule has 0 aliphatic rings. The predicted molar refractivity (Wildman–Crippen MR) is 139 cm³/mol. The molecule has 0 spiro atoms. The second-order valence-corrected chi connectivity index (χ2v) is 11.0. The van der Waals surface area contributed by atoms with Crippen LogP contribution in [0.5, 0.6) is 5.88 Å². The highest BCUT2D eigenvalue weighted by atomic mass is 32.2. The van der Waals surface area contributed by atoms with Gasteiger partial charge in [0.25, 0.3) is 6.43 Å². The second kappa shape index (κ2) is 11.2. The Bertz CT molecular complexity index is 1550. The van der Waals surface area contributed by atoms with Gasteiger partial charge in [0.1, 0.15) is 11.5 Å². The van der Waals surface area contributed by atoms with E-state index >= 15 is 0 Å². The van der Waals surface area contributed by atoms with Gasteiger partial charge in [0.05, 0.1) is 23.6 Å². The molecular weight excluding hydrogens is 517 g/mol. The van der Waals surface area contributed by atoms with E-state index in [1.807, 2.05) is 12.1 Å². The van der Waals surface area contributed by atoms with Gasteiger partial charge in [-0.1, -0.05) is 24.3 Å². The molecule has 7 nitrogen and oxygen atoms in total. The summed E-state index contributed by atoms with van der Waals surface area (Å²) in [5, 5.41) is 0. The van der Waals surface area contributed by atoms with E-state index in [4.69, 9.17) is 10.5 Å². The molecule has 2 aromatic heterocycles. The van der Waals surface area contributed by atoms with Crippen LogP contribution in [0.1, 0.15) is 28.9 Å². The SMILES string of the molecule is Cc1cc(-c2c(OCCc3ccc(CS(C)(=O)=O)cc3)nc(N)nc2-c2ccc(F)cc2)cc(C(F)F)n1. The van der Waals surface area contributed by atoms with Crippen LogP contribution in [0, 0.1) is 12.7 Å². The largest absolute Gasteiger partial charge is 0.477 e. The average Bonchev–Trinajstić information content (AvgIpc) is 2.84. The fourth-order valence-corrected chi connectivity index (χ4v) is 4.76. The standard InChI is InChI=1S/C27H25F3N4O3S/c1-16-13-20(14-22(32-16)25(29)30)23-24(19-7-9-21(28)10-8-19)33-27(31)34-26(23)37-12-11-17-3-5-18(6-4-17)15-38(2,35)36/h3-10,13-14,25H,11-12,15H2,1-2H3,(H2,31,33,34). The van der Waals surface area contributed by atoms with Gasteiger partial charge in [0.2, 0.25) is 11.8 Å². The van der Waals surface area contributed by atoms with Gasteiger partial charge in [-0.25, -0.2) is 26.6 Å². The number of nitrogens with two attached hydrogens (primary N) is 1. The van der Waals surface area contributed by atoms with Gasteiger partial charge in [-0.3, -0.25) is 4.98 Å². The lowest BCUT2D eigenvalue weighted by Gasteiger charge is -2.16. The van der Waals surface area contributed by atoms with Crippen LogP contribution in [0.4, 0.5) is 19.1 Å². The summed E-state index contributed by atoms with van der Waals surface area (Å²) in [6.07, 6.45) is -1.17. The van der Waals surface area contributed by atoms with Crippen LogP contribution >= 0.6 is 0 Å². The van der Waals surface area contributed by atoms with Crippen LogP contribution in [-0.4, -0.2) is 36.2 Å². The molecule has 2 aromatic carbocycles. The lowest BCUT2D eigenvalue weighted by Crippen LogP contribution is -2.08. The number of rotatable bonds is 9. The Kier molecular flexibility index (Phi) is 7.96. The summed E-state index contributed by atoms with van der Waals surface area (Å²) in [5.74, 6) is -0.522. The van der Waals surface area contributed by atoms with Crippen molar-refractivity contribution in [2.24, 2.45) is 0 Å². The van der Waals surface area contributed by atoms with Crippen LogP contribution in [0.15, 0.2) is 60.7 Å². The number of ether oxygens (including phenoxy) is 1. The number of pyridine rings is 1. The molecule has 38 heavy (non-hydrogen) atoms. The number of hydrogen-bond donors (Lipinski definition) is 1. The third-order valence-corrected chi connectivity index (χ3v) is 6.44. The highest BCUT2D eigenvalue weighted by molar-refractivity contribution is 7.89. The number of hydrogen-bond acceptors (Lipinski definition) is 7. The van der Waals surface area contributed by atoms with E-state index in [0.717, 1.165) is 5.56 Å². The van der Waals surface area contributed by atoms with E-state index in [1.165, 1.54) is 36.6 Å². The Balaban J connectivity index is 1.70. The third kappa shape index (κ3) is 6.86. The van der Waals surface area contributed by atoms with Gasteiger partial charge in [-0.2, -0.15) is 4.98 Å². The Morgan fingerprint density at radius 3 is 2.21 bits per heavy atom. The number of aromatic nitrogens is 3. The van der Waals surface area contributed by atoms with Crippen molar-refractivity contribution in [1.29, 1.82) is 0 Å². The van der Waals surface area contributed by atoms with Gasteiger partial charge >= 0.3 is 0 Å². The molecule has 0 unspecified atom stereocenters. The lowest BCUT2D eigenvalue weighted by molar-refractivity contribution is 0.146. The molecule has 0 aliphatic heterocycles. The molecule has 0 aliphatic carbocycles. The quantitative estimate of drug-likeness (QED) is 0.304. The number of benzene rings is 2. The molecule has 0 fully saturated rings. The third-order valence-electron chi connectivity index (χ3n) is 5.58. The lowest BCUT2D eigenvalue weighted by atomic mass is 9.99. The predicted octanol–water partition coefficient (Wildman–Crippen LogP) is 5.34. The van der Waals surface area contributed by atoms with E-state index in [-0.39, 0.29) is 24.2 Å². The van der Waals surface area contributed by atoms with E-state index < -0.39 is 27.8 Å². The van der Waals surface area contributed by atoms with E-state index in [0.29, 0.717) is 40.1 Å². The molecule has 0 amide bonds. The minimum absolute atomic E-state index is 0.0501. The van der Waals surface area contributed by atoms with Crippen molar-refractivity contribution < 1.29 is 26.3 Å². The highest BCUT2D eigenvalue weighted by Gasteiger charge is 2.21. The van der Waals surface area contributed by atoms with Crippen molar-refractivity contribution in [3.8, 4) is 28.3 Å².